The molecule has 2 atom stereocenters. The van der Waals surface area contributed by atoms with Crippen molar-refractivity contribution in [2.45, 2.75) is 51.1 Å². The normalized spacial score (nSPS) is 21.4. The van der Waals surface area contributed by atoms with Gasteiger partial charge in [0.25, 0.3) is 0 Å². The molecule has 2 aliphatic rings. The Bertz CT molecular complexity index is 585. The van der Waals surface area contributed by atoms with E-state index in [9.17, 15) is 9.59 Å². The highest BCUT2D eigenvalue weighted by molar-refractivity contribution is 5.93. The summed E-state index contributed by atoms with van der Waals surface area (Å²) in [5.41, 5.74) is 3.13. The lowest BCUT2D eigenvalue weighted by atomic mass is 9.97. The molecule has 0 saturated carbocycles. The van der Waals surface area contributed by atoms with Gasteiger partial charge in [-0.15, -0.1) is 12.4 Å². The van der Waals surface area contributed by atoms with Crippen LogP contribution in [0.5, 0.6) is 0 Å². The first-order valence-electron chi connectivity index (χ1n) is 8.10. The van der Waals surface area contributed by atoms with Crippen molar-refractivity contribution in [3.05, 3.63) is 29.3 Å². The van der Waals surface area contributed by atoms with Gasteiger partial charge in [-0.3, -0.25) is 9.59 Å². The van der Waals surface area contributed by atoms with Gasteiger partial charge in [0.15, 0.2) is 0 Å². The van der Waals surface area contributed by atoms with Crippen LogP contribution < -0.4 is 16.0 Å². The predicted molar refractivity (Wildman–Crippen MR) is 92.8 cm³/mol. The topological polar surface area (TPSA) is 70.2 Å². The second kappa shape index (κ2) is 7.79. The number of hydrogen-bond donors (Lipinski definition) is 3. The van der Waals surface area contributed by atoms with Crippen LogP contribution in [0.15, 0.2) is 18.2 Å². The Morgan fingerprint density at radius 1 is 1.30 bits per heavy atom. The molecule has 0 radical (unpaired) electrons. The van der Waals surface area contributed by atoms with Crippen molar-refractivity contribution in [1.82, 2.24) is 10.6 Å². The summed E-state index contributed by atoms with van der Waals surface area (Å²) in [5.74, 6) is 0.156. The van der Waals surface area contributed by atoms with Gasteiger partial charge < -0.3 is 16.0 Å². The van der Waals surface area contributed by atoms with Crippen molar-refractivity contribution in [2.24, 2.45) is 0 Å². The minimum atomic E-state index is -0.0619. The molecule has 6 heteroatoms. The molecule has 1 aromatic rings. The molecule has 3 N–H and O–H groups in total. The van der Waals surface area contributed by atoms with E-state index in [2.05, 4.69) is 22.0 Å². The SMILES string of the molecule is CC(NC(=O)C1CCCCN1)c1ccc2c(c1)CCC(=O)N2.Cl. The molecule has 5 nitrogen and oxygen atoms in total. The van der Waals surface area contributed by atoms with Crippen molar-refractivity contribution in [3.8, 4) is 0 Å². The number of carbonyl (C=O) groups excluding carboxylic acids is 2. The third kappa shape index (κ3) is 4.24. The van der Waals surface area contributed by atoms with Gasteiger partial charge in [-0.05, 0) is 49.9 Å². The van der Waals surface area contributed by atoms with Crippen molar-refractivity contribution >= 4 is 29.9 Å². The minimum Gasteiger partial charge on any atom is -0.348 e. The van der Waals surface area contributed by atoms with Crippen LogP contribution in [0.2, 0.25) is 0 Å². The Hall–Kier alpha value is -1.59. The summed E-state index contributed by atoms with van der Waals surface area (Å²) >= 11 is 0. The minimum absolute atomic E-state index is 0. The maximum absolute atomic E-state index is 12.3. The number of fused-ring (bicyclic) bond motifs is 1. The largest absolute Gasteiger partial charge is 0.348 e. The monoisotopic (exact) mass is 337 g/mol. The summed E-state index contributed by atoms with van der Waals surface area (Å²) in [5, 5.41) is 9.25. The van der Waals surface area contributed by atoms with E-state index in [0.29, 0.717) is 6.42 Å². The Kier molecular flexibility index (Phi) is 6.02. The molecule has 0 bridgehead atoms. The molecule has 1 aromatic carbocycles. The van der Waals surface area contributed by atoms with Crippen LogP contribution in [0.3, 0.4) is 0 Å². The number of aryl methyl sites for hydroxylation is 1. The number of piperidine rings is 1. The lowest BCUT2D eigenvalue weighted by Gasteiger charge is -2.25. The van der Waals surface area contributed by atoms with Crippen LogP contribution in [0.4, 0.5) is 5.69 Å². The Labute approximate surface area is 143 Å². The molecule has 126 valence electrons. The molecule has 2 amide bonds. The quantitative estimate of drug-likeness (QED) is 0.792. The van der Waals surface area contributed by atoms with Crippen LogP contribution >= 0.6 is 12.4 Å². The van der Waals surface area contributed by atoms with Gasteiger partial charge >= 0.3 is 0 Å². The summed E-state index contributed by atoms with van der Waals surface area (Å²) in [7, 11) is 0. The Balaban J connectivity index is 0.00000192. The van der Waals surface area contributed by atoms with Gasteiger partial charge in [0, 0.05) is 12.1 Å². The number of nitrogens with one attached hydrogen (secondary N) is 3. The molecule has 1 saturated heterocycles. The number of hydrogen-bond acceptors (Lipinski definition) is 3. The van der Waals surface area contributed by atoms with E-state index in [-0.39, 0.29) is 36.3 Å². The number of benzene rings is 1. The van der Waals surface area contributed by atoms with Crippen LogP contribution in [-0.2, 0) is 16.0 Å². The lowest BCUT2D eigenvalue weighted by Crippen LogP contribution is -2.47. The van der Waals surface area contributed by atoms with E-state index in [1.165, 1.54) is 0 Å². The number of anilines is 1. The highest BCUT2D eigenvalue weighted by Gasteiger charge is 2.22. The van der Waals surface area contributed by atoms with E-state index >= 15 is 0 Å². The van der Waals surface area contributed by atoms with Crippen LogP contribution in [-0.4, -0.2) is 24.4 Å². The van der Waals surface area contributed by atoms with Crippen molar-refractivity contribution in [2.75, 3.05) is 11.9 Å². The molecule has 1 fully saturated rings. The number of halogens is 1. The van der Waals surface area contributed by atoms with Crippen molar-refractivity contribution in [1.29, 1.82) is 0 Å². The smallest absolute Gasteiger partial charge is 0.237 e. The molecular formula is C17H24ClN3O2. The van der Waals surface area contributed by atoms with E-state index in [1.807, 2.05) is 19.1 Å². The predicted octanol–water partition coefficient (Wildman–Crippen LogP) is 2.31. The average Bonchev–Trinajstić information content (AvgIpc) is 2.55. The van der Waals surface area contributed by atoms with E-state index < -0.39 is 0 Å². The number of carbonyl (C=O) groups is 2. The summed E-state index contributed by atoms with van der Waals surface area (Å²) < 4.78 is 0. The van der Waals surface area contributed by atoms with Gasteiger partial charge in [-0.25, -0.2) is 0 Å². The zero-order valence-electron chi connectivity index (χ0n) is 13.4. The second-order valence-electron chi connectivity index (χ2n) is 6.20. The first-order chi connectivity index (χ1) is 10.6. The summed E-state index contributed by atoms with van der Waals surface area (Å²) in [6.45, 7) is 2.93. The van der Waals surface area contributed by atoms with Crippen LogP contribution in [0.1, 0.15) is 49.8 Å². The fourth-order valence-electron chi connectivity index (χ4n) is 3.15. The fourth-order valence-corrected chi connectivity index (χ4v) is 3.15. The molecule has 2 heterocycles. The number of rotatable bonds is 3. The van der Waals surface area contributed by atoms with Gasteiger partial charge in [0.2, 0.25) is 11.8 Å². The van der Waals surface area contributed by atoms with Crippen LogP contribution in [0, 0.1) is 0 Å². The maximum atomic E-state index is 12.3. The van der Waals surface area contributed by atoms with E-state index in [4.69, 9.17) is 0 Å². The first kappa shape index (κ1) is 17.8. The van der Waals surface area contributed by atoms with Crippen molar-refractivity contribution < 1.29 is 9.59 Å². The van der Waals surface area contributed by atoms with Gasteiger partial charge in [0.05, 0.1) is 12.1 Å². The highest BCUT2D eigenvalue weighted by Crippen LogP contribution is 2.26. The zero-order valence-corrected chi connectivity index (χ0v) is 14.2. The molecule has 23 heavy (non-hydrogen) atoms. The van der Waals surface area contributed by atoms with E-state index in [0.717, 1.165) is 49.0 Å². The Morgan fingerprint density at radius 3 is 2.87 bits per heavy atom. The molecule has 2 aliphatic heterocycles. The lowest BCUT2D eigenvalue weighted by molar-refractivity contribution is -0.124. The summed E-state index contributed by atoms with van der Waals surface area (Å²) in [6, 6.07) is 5.91. The molecule has 0 aliphatic carbocycles. The first-order valence-corrected chi connectivity index (χ1v) is 8.10. The number of amides is 2. The van der Waals surface area contributed by atoms with Gasteiger partial charge in [-0.2, -0.15) is 0 Å². The van der Waals surface area contributed by atoms with Gasteiger partial charge in [-0.1, -0.05) is 18.6 Å². The molecular weight excluding hydrogens is 314 g/mol. The summed E-state index contributed by atoms with van der Waals surface area (Å²) in [4.78, 5) is 23.7. The molecule has 2 unspecified atom stereocenters. The molecule has 0 aromatic heterocycles. The van der Waals surface area contributed by atoms with Crippen molar-refractivity contribution in [3.63, 3.8) is 0 Å². The Morgan fingerprint density at radius 2 is 2.13 bits per heavy atom. The van der Waals surface area contributed by atoms with Gasteiger partial charge in [0.1, 0.15) is 0 Å². The molecule has 3 rings (SSSR count). The second-order valence-corrected chi connectivity index (χ2v) is 6.20. The maximum Gasteiger partial charge on any atom is 0.237 e. The standard InChI is InChI=1S/C17H23N3O2.ClH/c1-11(19-17(22)15-4-2-3-9-18-15)12-5-7-14-13(10-12)6-8-16(21)20-14;/h5,7,10-11,15,18H,2-4,6,8-9H2,1H3,(H,19,22)(H,20,21);1H. The third-order valence-electron chi connectivity index (χ3n) is 4.51. The van der Waals surface area contributed by atoms with Crippen LogP contribution in [0.25, 0.3) is 0 Å². The average molecular weight is 338 g/mol. The highest BCUT2D eigenvalue weighted by atomic mass is 35.5. The van der Waals surface area contributed by atoms with E-state index in [1.54, 1.807) is 0 Å². The third-order valence-corrected chi connectivity index (χ3v) is 4.51. The molecule has 0 spiro atoms. The fraction of sp³-hybridized carbons (Fsp3) is 0.529. The summed E-state index contributed by atoms with van der Waals surface area (Å²) in [6.07, 6.45) is 4.46. The zero-order chi connectivity index (χ0) is 15.5.